The molecule has 5 nitrogen and oxygen atoms in total. The van der Waals surface area contributed by atoms with Gasteiger partial charge in [-0.1, -0.05) is 12.8 Å². The Morgan fingerprint density at radius 3 is 2.72 bits per heavy atom. The van der Waals surface area contributed by atoms with Gasteiger partial charge in [0, 0.05) is 22.0 Å². The minimum atomic E-state index is -0.267. The molecular formula is C19H24N2O3S. The number of pyridine rings is 1. The minimum absolute atomic E-state index is 0.00620. The number of carbonyl (C=O) groups is 1. The molecule has 0 bridgehead atoms. The van der Waals surface area contributed by atoms with Crippen molar-refractivity contribution < 1.29 is 9.53 Å². The molecular weight excluding hydrogens is 336 g/mol. The number of methoxy groups -OCH3 is 1. The van der Waals surface area contributed by atoms with E-state index in [2.05, 4.69) is 19.1 Å². The second-order valence-corrected chi connectivity index (χ2v) is 7.85. The maximum Gasteiger partial charge on any atom is 0.293 e. The number of aromatic nitrogens is 1. The van der Waals surface area contributed by atoms with Crippen LogP contribution in [0.1, 0.15) is 35.4 Å². The molecule has 1 fully saturated rings. The zero-order valence-corrected chi connectivity index (χ0v) is 15.6. The van der Waals surface area contributed by atoms with Crippen molar-refractivity contribution in [2.24, 2.45) is 0 Å². The van der Waals surface area contributed by atoms with Gasteiger partial charge in [0.15, 0.2) is 5.75 Å². The average molecular weight is 360 g/mol. The molecule has 0 saturated heterocycles. The van der Waals surface area contributed by atoms with Crippen LogP contribution in [-0.4, -0.2) is 28.5 Å². The minimum Gasteiger partial charge on any atom is -0.491 e. The standard InChI is InChI=1S/C19H24N2O3S/c1-14-9-10-16(25-14)12-21(15-6-3-4-7-15)18(22)13-20-11-5-8-17(24-2)19(20)23/h5,8-11,15H,3-4,6-7,12-13H2,1-2H3. The van der Waals surface area contributed by atoms with Crippen LogP contribution < -0.4 is 10.3 Å². The number of thiophene rings is 1. The Labute approximate surface area is 151 Å². The van der Waals surface area contributed by atoms with Gasteiger partial charge in [-0.2, -0.15) is 0 Å². The fraction of sp³-hybridized carbons (Fsp3) is 0.474. The Morgan fingerprint density at radius 2 is 2.08 bits per heavy atom. The second kappa shape index (κ2) is 7.87. The summed E-state index contributed by atoms with van der Waals surface area (Å²) in [6, 6.07) is 7.80. The van der Waals surface area contributed by atoms with Gasteiger partial charge >= 0.3 is 0 Å². The highest BCUT2D eigenvalue weighted by molar-refractivity contribution is 7.11. The maximum absolute atomic E-state index is 13.0. The van der Waals surface area contributed by atoms with E-state index in [-0.39, 0.29) is 29.8 Å². The summed E-state index contributed by atoms with van der Waals surface area (Å²) in [5.41, 5.74) is -0.267. The molecule has 1 aliphatic carbocycles. The Hall–Kier alpha value is -2.08. The Kier molecular flexibility index (Phi) is 5.58. The summed E-state index contributed by atoms with van der Waals surface area (Å²) in [5, 5.41) is 0. The van der Waals surface area contributed by atoms with Crippen molar-refractivity contribution in [1.82, 2.24) is 9.47 Å². The first-order chi connectivity index (χ1) is 12.1. The van der Waals surface area contributed by atoms with Crippen LogP contribution >= 0.6 is 11.3 Å². The molecule has 1 saturated carbocycles. The Morgan fingerprint density at radius 1 is 1.32 bits per heavy atom. The summed E-state index contributed by atoms with van der Waals surface area (Å²) in [6.45, 7) is 2.75. The fourth-order valence-corrected chi connectivity index (χ4v) is 4.30. The number of rotatable bonds is 6. The third-order valence-electron chi connectivity index (χ3n) is 4.72. The summed E-state index contributed by atoms with van der Waals surface area (Å²) in [6.07, 6.45) is 6.06. The van der Waals surface area contributed by atoms with E-state index in [0.29, 0.717) is 6.54 Å². The maximum atomic E-state index is 13.0. The van der Waals surface area contributed by atoms with Crippen LogP contribution in [0.25, 0.3) is 0 Å². The summed E-state index contributed by atoms with van der Waals surface area (Å²) >= 11 is 1.73. The Bertz CT molecular complexity index is 790. The highest BCUT2D eigenvalue weighted by Crippen LogP contribution is 2.27. The van der Waals surface area contributed by atoms with Gasteiger partial charge in [-0.15, -0.1) is 11.3 Å². The van der Waals surface area contributed by atoms with E-state index in [1.807, 2.05) is 4.90 Å². The predicted octanol–water partition coefficient (Wildman–Crippen LogP) is 3.20. The molecule has 0 unspecified atom stereocenters. The van der Waals surface area contributed by atoms with Crippen LogP contribution in [0.4, 0.5) is 0 Å². The number of amides is 1. The lowest BCUT2D eigenvalue weighted by Crippen LogP contribution is -2.41. The van der Waals surface area contributed by atoms with Gasteiger partial charge in [0.1, 0.15) is 6.54 Å². The number of nitrogens with zero attached hydrogens (tertiary/aromatic N) is 2. The summed E-state index contributed by atoms with van der Waals surface area (Å²) in [7, 11) is 1.47. The SMILES string of the molecule is COc1cccn(CC(=O)N(Cc2ccc(C)s2)C2CCCC2)c1=O. The van der Waals surface area contributed by atoms with Gasteiger partial charge in [-0.25, -0.2) is 0 Å². The van der Waals surface area contributed by atoms with Crippen molar-refractivity contribution in [3.05, 3.63) is 50.6 Å². The molecule has 6 heteroatoms. The highest BCUT2D eigenvalue weighted by atomic mass is 32.1. The molecule has 0 atom stereocenters. The van der Waals surface area contributed by atoms with Gasteiger partial charge in [0.05, 0.1) is 13.7 Å². The molecule has 0 radical (unpaired) electrons. The summed E-state index contributed by atoms with van der Waals surface area (Å²) in [4.78, 5) is 29.7. The van der Waals surface area contributed by atoms with Crippen molar-refractivity contribution in [3.8, 4) is 5.75 Å². The van der Waals surface area contributed by atoms with E-state index >= 15 is 0 Å². The quantitative estimate of drug-likeness (QED) is 0.795. The van der Waals surface area contributed by atoms with Gasteiger partial charge in [0.2, 0.25) is 5.91 Å². The fourth-order valence-electron chi connectivity index (χ4n) is 3.41. The third-order valence-corrected chi connectivity index (χ3v) is 5.70. The molecule has 1 amide bonds. The van der Waals surface area contributed by atoms with Crippen molar-refractivity contribution in [2.45, 2.75) is 51.7 Å². The van der Waals surface area contributed by atoms with E-state index in [0.717, 1.165) is 25.7 Å². The highest BCUT2D eigenvalue weighted by Gasteiger charge is 2.27. The largest absolute Gasteiger partial charge is 0.491 e. The van der Waals surface area contributed by atoms with E-state index in [4.69, 9.17) is 4.74 Å². The van der Waals surface area contributed by atoms with Crippen molar-refractivity contribution in [2.75, 3.05) is 7.11 Å². The van der Waals surface area contributed by atoms with E-state index in [1.54, 1.807) is 29.7 Å². The summed E-state index contributed by atoms with van der Waals surface area (Å²) < 4.78 is 6.50. The number of aryl methyl sites for hydroxylation is 1. The van der Waals surface area contributed by atoms with Crippen LogP contribution in [0.5, 0.6) is 5.75 Å². The van der Waals surface area contributed by atoms with Crippen LogP contribution in [0.2, 0.25) is 0 Å². The topological polar surface area (TPSA) is 51.5 Å². The van der Waals surface area contributed by atoms with Gasteiger partial charge in [-0.05, 0) is 44.0 Å². The average Bonchev–Trinajstić information content (AvgIpc) is 3.26. The first kappa shape index (κ1) is 17.7. The molecule has 2 heterocycles. The number of hydrogen-bond acceptors (Lipinski definition) is 4. The van der Waals surface area contributed by atoms with E-state index < -0.39 is 0 Å². The van der Waals surface area contributed by atoms with Gasteiger partial charge < -0.3 is 14.2 Å². The first-order valence-electron chi connectivity index (χ1n) is 8.66. The predicted molar refractivity (Wildman–Crippen MR) is 99.1 cm³/mol. The van der Waals surface area contributed by atoms with Crippen LogP contribution in [0, 0.1) is 6.92 Å². The summed E-state index contributed by atoms with van der Waals surface area (Å²) in [5.74, 6) is 0.255. The molecule has 0 aromatic carbocycles. The molecule has 1 aliphatic rings. The zero-order chi connectivity index (χ0) is 17.8. The Balaban J connectivity index is 1.80. The molecule has 2 aromatic rings. The number of hydrogen-bond donors (Lipinski definition) is 0. The van der Waals surface area contributed by atoms with Crippen LogP contribution in [0.15, 0.2) is 35.3 Å². The second-order valence-electron chi connectivity index (χ2n) is 6.48. The van der Waals surface area contributed by atoms with Crippen molar-refractivity contribution in [1.29, 1.82) is 0 Å². The molecule has 0 spiro atoms. The first-order valence-corrected chi connectivity index (χ1v) is 9.48. The molecule has 25 heavy (non-hydrogen) atoms. The normalized spacial score (nSPS) is 14.6. The molecule has 2 aromatic heterocycles. The van der Waals surface area contributed by atoms with E-state index in [9.17, 15) is 9.59 Å². The third kappa shape index (κ3) is 4.12. The number of ether oxygens (including phenoxy) is 1. The van der Waals surface area contributed by atoms with Crippen molar-refractivity contribution in [3.63, 3.8) is 0 Å². The molecule has 0 aliphatic heterocycles. The van der Waals surface area contributed by atoms with Crippen LogP contribution in [0.3, 0.4) is 0 Å². The van der Waals surface area contributed by atoms with Gasteiger partial charge in [0.25, 0.3) is 5.56 Å². The van der Waals surface area contributed by atoms with Crippen molar-refractivity contribution >= 4 is 17.2 Å². The lowest BCUT2D eigenvalue weighted by Gasteiger charge is -2.29. The lowest BCUT2D eigenvalue weighted by atomic mass is 10.2. The molecule has 134 valence electrons. The zero-order valence-electron chi connectivity index (χ0n) is 14.7. The van der Waals surface area contributed by atoms with Gasteiger partial charge in [-0.3, -0.25) is 9.59 Å². The number of carbonyl (C=O) groups excluding carboxylic acids is 1. The lowest BCUT2D eigenvalue weighted by molar-refractivity contribution is -0.134. The van der Waals surface area contributed by atoms with Crippen LogP contribution in [-0.2, 0) is 17.9 Å². The molecule has 3 rings (SSSR count). The molecule has 0 N–H and O–H groups in total. The monoisotopic (exact) mass is 360 g/mol. The smallest absolute Gasteiger partial charge is 0.293 e. The van der Waals surface area contributed by atoms with E-state index in [1.165, 1.54) is 21.4 Å².